The van der Waals surface area contributed by atoms with Crippen molar-refractivity contribution < 1.29 is 22.7 Å². The van der Waals surface area contributed by atoms with Crippen LogP contribution in [0.2, 0.25) is 0 Å². The highest BCUT2D eigenvalue weighted by atomic mass is 19.4. The Hall–Kier alpha value is -3.36. The molecule has 2 heterocycles. The fourth-order valence-electron chi connectivity index (χ4n) is 2.28. The summed E-state index contributed by atoms with van der Waals surface area (Å²) >= 11 is 0. The Kier molecular flexibility index (Phi) is 4.37. The molecule has 2 aromatic heterocycles. The highest BCUT2D eigenvalue weighted by Crippen LogP contribution is 2.24. The summed E-state index contributed by atoms with van der Waals surface area (Å²) in [5.41, 5.74) is 0.681. The van der Waals surface area contributed by atoms with E-state index in [0.29, 0.717) is 5.65 Å². The first-order chi connectivity index (χ1) is 12.2. The maximum Gasteiger partial charge on any atom is 0.573 e. The summed E-state index contributed by atoms with van der Waals surface area (Å²) in [5.74, 6) is -1.14. The Morgan fingerprint density at radius 2 is 1.85 bits per heavy atom. The first-order valence-electron chi connectivity index (χ1n) is 7.38. The van der Waals surface area contributed by atoms with Crippen LogP contribution in [0.3, 0.4) is 0 Å². The summed E-state index contributed by atoms with van der Waals surface area (Å²) in [5, 5.41) is 2.44. The summed E-state index contributed by atoms with van der Waals surface area (Å²) in [6, 6.07) is 8.00. The van der Waals surface area contributed by atoms with Crippen molar-refractivity contribution >= 4 is 17.2 Å². The lowest BCUT2D eigenvalue weighted by Crippen LogP contribution is -2.26. The van der Waals surface area contributed by atoms with Crippen LogP contribution in [0, 0.1) is 6.92 Å². The number of nitrogens with one attached hydrogen (secondary N) is 1. The number of carbonyl (C=O) groups is 1. The van der Waals surface area contributed by atoms with E-state index in [4.69, 9.17) is 0 Å². The van der Waals surface area contributed by atoms with Crippen molar-refractivity contribution in [2.24, 2.45) is 0 Å². The molecule has 0 fully saturated rings. The van der Waals surface area contributed by atoms with Gasteiger partial charge in [-0.15, -0.1) is 13.2 Å². The van der Waals surface area contributed by atoms with Gasteiger partial charge in [0.2, 0.25) is 0 Å². The van der Waals surface area contributed by atoms with E-state index in [0.717, 1.165) is 23.9 Å². The lowest BCUT2D eigenvalue weighted by atomic mass is 10.2. The Morgan fingerprint density at radius 1 is 1.15 bits per heavy atom. The van der Waals surface area contributed by atoms with Crippen molar-refractivity contribution in [3.8, 4) is 5.75 Å². The Labute approximate surface area is 144 Å². The molecular weight excluding hydrogens is 351 g/mol. The minimum Gasteiger partial charge on any atom is -0.406 e. The van der Waals surface area contributed by atoms with Gasteiger partial charge in [0.15, 0.2) is 0 Å². The quantitative estimate of drug-likeness (QED) is 0.776. The number of hydrogen-bond donors (Lipinski definition) is 1. The molecule has 0 spiro atoms. The molecule has 134 valence electrons. The molecule has 0 aliphatic carbocycles. The molecule has 0 aliphatic heterocycles. The summed E-state index contributed by atoms with van der Waals surface area (Å²) in [6.45, 7) is 1.79. The second-order valence-corrected chi connectivity index (χ2v) is 5.44. The third-order valence-corrected chi connectivity index (χ3v) is 3.44. The van der Waals surface area contributed by atoms with Gasteiger partial charge in [-0.25, -0.2) is 4.98 Å². The highest BCUT2D eigenvalue weighted by molar-refractivity contribution is 6.03. The standard InChI is InChI=1S/C17H12F3N3O3/c1-10-2-7-14-21-8-13(16(25)23(14)9-10)15(24)22-11-3-5-12(6-4-11)26-17(18,19)20/h2-9H,1H3,(H,22,24). The monoisotopic (exact) mass is 363 g/mol. The molecule has 0 unspecified atom stereocenters. The minimum absolute atomic E-state index is 0.191. The van der Waals surface area contributed by atoms with Crippen LogP contribution in [0.1, 0.15) is 15.9 Å². The molecule has 26 heavy (non-hydrogen) atoms. The molecule has 0 atom stereocenters. The van der Waals surface area contributed by atoms with Crippen LogP contribution in [-0.2, 0) is 0 Å². The zero-order chi connectivity index (χ0) is 18.9. The van der Waals surface area contributed by atoms with E-state index in [1.165, 1.54) is 16.5 Å². The second-order valence-electron chi connectivity index (χ2n) is 5.44. The van der Waals surface area contributed by atoms with Crippen molar-refractivity contribution in [2.45, 2.75) is 13.3 Å². The van der Waals surface area contributed by atoms with Gasteiger partial charge in [0, 0.05) is 18.1 Å². The van der Waals surface area contributed by atoms with Crippen molar-refractivity contribution in [2.75, 3.05) is 5.32 Å². The molecule has 0 radical (unpaired) electrons. The molecule has 0 saturated heterocycles. The number of nitrogens with zero attached hydrogens (tertiary/aromatic N) is 2. The van der Waals surface area contributed by atoms with Gasteiger partial charge >= 0.3 is 6.36 Å². The molecule has 0 bridgehead atoms. The normalized spacial score (nSPS) is 11.4. The maximum atomic E-state index is 12.4. The van der Waals surface area contributed by atoms with E-state index >= 15 is 0 Å². The number of aryl methyl sites for hydroxylation is 1. The molecule has 3 aromatic rings. The van der Waals surface area contributed by atoms with Gasteiger partial charge in [0.05, 0.1) is 0 Å². The number of amides is 1. The average Bonchev–Trinajstić information content (AvgIpc) is 2.56. The fourth-order valence-corrected chi connectivity index (χ4v) is 2.28. The van der Waals surface area contributed by atoms with Crippen LogP contribution >= 0.6 is 0 Å². The molecule has 9 heteroatoms. The lowest BCUT2D eigenvalue weighted by Gasteiger charge is -2.10. The van der Waals surface area contributed by atoms with Crippen LogP contribution in [-0.4, -0.2) is 21.7 Å². The number of hydrogen-bond acceptors (Lipinski definition) is 4. The summed E-state index contributed by atoms with van der Waals surface area (Å²) in [4.78, 5) is 28.8. The number of benzene rings is 1. The van der Waals surface area contributed by atoms with Gasteiger partial charge in [-0.3, -0.25) is 14.0 Å². The number of anilines is 1. The number of carbonyl (C=O) groups excluding carboxylic acids is 1. The largest absolute Gasteiger partial charge is 0.573 e. The van der Waals surface area contributed by atoms with Crippen molar-refractivity contribution in [1.29, 1.82) is 0 Å². The molecular formula is C17H12F3N3O3. The van der Waals surface area contributed by atoms with Gasteiger partial charge in [-0.1, -0.05) is 6.07 Å². The number of halogens is 3. The molecule has 0 aliphatic rings. The van der Waals surface area contributed by atoms with Crippen LogP contribution in [0.5, 0.6) is 5.75 Å². The topological polar surface area (TPSA) is 72.7 Å². The van der Waals surface area contributed by atoms with Crippen LogP contribution < -0.4 is 15.6 Å². The van der Waals surface area contributed by atoms with Crippen molar-refractivity contribution in [1.82, 2.24) is 9.38 Å². The molecule has 0 saturated carbocycles. The third kappa shape index (κ3) is 3.82. The molecule has 3 rings (SSSR count). The maximum absolute atomic E-state index is 12.4. The van der Waals surface area contributed by atoms with Gasteiger partial charge in [-0.2, -0.15) is 0 Å². The van der Waals surface area contributed by atoms with E-state index in [1.807, 2.05) is 0 Å². The Bertz CT molecular complexity index is 1030. The molecule has 1 aromatic carbocycles. The number of rotatable bonds is 3. The lowest BCUT2D eigenvalue weighted by molar-refractivity contribution is -0.274. The second kappa shape index (κ2) is 6.51. The highest BCUT2D eigenvalue weighted by Gasteiger charge is 2.31. The average molecular weight is 363 g/mol. The van der Waals surface area contributed by atoms with Crippen LogP contribution in [0.25, 0.3) is 5.65 Å². The summed E-state index contributed by atoms with van der Waals surface area (Å²) in [7, 11) is 0. The molecule has 1 N–H and O–H groups in total. The van der Waals surface area contributed by atoms with Crippen molar-refractivity contribution in [3.63, 3.8) is 0 Å². The number of alkyl halides is 3. The predicted octanol–water partition coefficient (Wildman–Crippen LogP) is 3.15. The van der Waals surface area contributed by atoms with Gasteiger partial charge in [-0.05, 0) is 42.8 Å². The number of ether oxygens (including phenoxy) is 1. The first kappa shape index (κ1) is 17.5. The molecule has 1 amide bonds. The Balaban J connectivity index is 1.83. The van der Waals surface area contributed by atoms with Crippen LogP contribution in [0.15, 0.2) is 53.6 Å². The SMILES string of the molecule is Cc1ccc2ncc(C(=O)Nc3ccc(OC(F)(F)F)cc3)c(=O)n2c1. The van der Waals surface area contributed by atoms with E-state index < -0.39 is 23.6 Å². The van der Waals surface area contributed by atoms with E-state index in [-0.39, 0.29) is 11.3 Å². The van der Waals surface area contributed by atoms with Crippen molar-refractivity contribution in [3.05, 3.63) is 70.3 Å². The Morgan fingerprint density at radius 3 is 2.50 bits per heavy atom. The van der Waals surface area contributed by atoms with E-state index in [2.05, 4.69) is 15.0 Å². The van der Waals surface area contributed by atoms with E-state index in [9.17, 15) is 22.8 Å². The first-order valence-corrected chi connectivity index (χ1v) is 7.38. The zero-order valence-corrected chi connectivity index (χ0v) is 13.4. The minimum atomic E-state index is -4.80. The number of aromatic nitrogens is 2. The smallest absolute Gasteiger partial charge is 0.406 e. The summed E-state index contributed by atoms with van der Waals surface area (Å²) < 4.78 is 41.4. The van der Waals surface area contributed by atoms with Gasteiger partial charge in [0.1, 0.15) is 17.0 Å². The van der Waals surface area contributed by atoms with Crippen LogP contribution in [0.4, 0.5) is 18.9 Å². The fraction of sp³-hybridized carbons (Fsp3) is 0.118. The van der Waals surface area contributed by atoms with Gasteiger partial charge < -0.3 is 10.1 Å². The zero-order valence-electron chi connectivity index (χ0n) is 13.4. The molecule has 6 nitrogen and oxygen atoms in total. The summed E-state index contributed by atoms with van der Waals surface area (Å²) in [6.07, 6.45) is -2.08. The number of fused-ring (bicyclic) bond motifs is 1. The predicted molar refractivity (Wildman–Crippen MR) is 87.3 cm³/mol. The van der Waals surface area contributed by atoms with Gasteiger partial charge in [0.25, 0.3) is 11.5 Å². The van der Waals surface area contributed by atoms with E-state index in [1.54, 1.807) is 25.3 Å². The third-order valence-electron chi connectivity index (χ3n) is 3.44. The number of pyridine rings is 1.